The number of rotatable bonds is 2. The third kappa shape index (κ3) is 2.68. The van der Waals surface area contributed by atoms with Gasteiger partial charge in [-0.05, 0) is 13.8 Å². The number of carbonyl (C=O) groups excluding carboxylic acids is 2. The zero-order valence-corrected chi connectivity index (χ0v) is 10.3. The van der Waals surface area contributed by atoms with Crippen LogP contribution in [0.1, 0.15) is 23.4 Å². The Morgan fingerprint density at radius 1 is 1.41 bits per heavy atom. The van der Waals surface area contributed by atoms with E-state index in [0.29, 0.717) is 23.7 Å². The normalized spacial score (nSPS) is 15.2. The minimum absolute atomic E-state index is 0.164. The maximum atomic E-state index is 11.8. The summed E-state index contributed by atoms with van der Waals surface area (Å²) in [6, 6.07) is 0. The fourth-order valence-corrected chi connectivity index (χ4v) is 2.14. The van der Waals surface area contributed by atoms with Crippen LogP contribution in [0.25, 0.3) is 0 Å². The summed E-state index contributed by atoms with van der Waals surface area (Å²) in [6.07, 6.45) is 0.656. The highest BCUT2D eigenvalue weighted by atomic mass is 32.1. The summed E-state index contributed by atoms with van der Waals surface area (Å²) in [7, 11) is 0. The first-order chi connectivity index (χ1) is 8.06. The van der Waals surface area contributed by atoms with E-state index in [0.717, 1.165) is 10.6 Å². The topological polar surface area (TPSA) is 83.4 Å². The van der Waals surface area contributed by atoms with Crippen LogP contribution >= 0.6 is 11.3 Å². The highest BCUT2D eigenvalue weighted by molar-refractivity contribution is 7.15. The quantitative estimate of drug-likeness (QED) is 0.822. The number of hydrogen-bond acceptors (Lipinski definition) is 5. The first kappa shape index (κ1) is 11.7. The molecule has 17 heavy (non-hydrogen) atoms. The lowest BCUT2D eigenvalue weighted by molar-refractivity contribution is -0.121. The molecule has 6 nitrogen and oxygen atoms in total. The van der Waals surface area contributed by atoms with Crippen LogP contribution in [-0.4, -0.2) is 22.5 Å². The van der Waals surface area contributed by atoms with Gasteiger partial charge in [0.2, 0.25) is 5.91 Å². The Balaban J connectivity index is 2.04. The zero-order chi connectivity index (χ0) is 12.4. The van der Waals surface area contributed by atoms with Gasteiger partial charge in [0.15, 0.2) is 5.13 Å². The molecule has 0 saturated heterocycles. The van der Waals surface area contributed by atoms with E-state index in [1.165, 1.54) is 11.3 Å². The lowest BCUT2D eigenvalue weighted by Crippen LogP contribution is -2.32. The molecule has 2 heterocycles. The van der Waals surface area contributed by atoms with Crippen molar-refractivity contribution in [2.45, 2.75) is 26.7 Å². The molecule has 0 aromatic carbocycles. The Morgan fingerprint density at radius 3 is 2.71 bits per heavy atom. The number of carbonyl (C=O) groups is 2. The van der Waals surface area contributed by atoms with E-state index in [2.05, 4.69) is 20.8 Å². The Morgan fingerprint density at radius 2 is 2.18 bits per heavy atom. The van der Waals surface area contributed by atoms with Crippen LogP contribution in [0.3, 0.4) is 0 Å². The third-order valence-corrected chi connectivity index (χ3v) is 3.40. The molecule has 2 N–H and O–H groups in total. The van der Waals surface area contributed by atoms with Crippen LogP contribution in [-0.2, 0) is 9.59 Å². The molecule has 90 valence electrons. The lowest BCUT2D eigenvalue weighted by Gasteiger charge is -2.10. The van der Waals surface area contributed by atoms with E-state index in [9.17, 15) is 9.59 Å². The Kier molecular flexibility index (Phi) is 3.19. The van der Waals surface area contributed by atoms with Crippen molar-refractivity contribution in [1.29, 1.82) is 0 Å². The number of nitrogens with zero attached hydrogens (tertiary/aromatic N) is 2. The summed E-state index contributed by atoms with van der Waals surface area (Å²) in [5.41, 5.74) is 3.52. The molecule has 0 bridgehead atoms. The minimum atomic E-state index is -0.307. The van der Waals surface area contributed by atoms with Crippen molar-refractivity contribution in [3.05, 3.63) is 10.6 Å². The molecule has 1 aromatic heterocycles. The molecule has 2 rings (SSSR count). The summed E-state index contributed by atoms with van der Waals surface area (Å²) < 4.78 is 0. The molecular formula is C10H12N4O2S. The highest BCUT2D eigenvalue weighted by Crippen LogP contribution is 2.21. The monoisotopic (exact) mass is 252 g/mol. The molecule has 0 saturated carbocycles. The van der Waals surface area contributed by atoms with Gasteiger partial charge in [-0.2, -0.15) is 5.10 Å². The molecule has 2 amide bonds. The fraction of sp³-hybridized carbons (Fsp3) is 0.400. The fourth-order valence-electron chi connectivity index (χ4n) is 1.33. The van der Waals surface area contributed by atoms with Gasteiger partial charge in [0.25, 0.3) is 5.91 Å². The molecule has 0 spiro atoms. The van der Waals surface area contributed by atoms with Crippen molar-refractivity contribution in [2.75, 3.05) is 5.32 Å². The number of aromatic nitrogens is 1. The van der Waals surface area contributed by atoms with Gasteiger partial charge < -0.3 is 0 Å². The van der Waals surface area contributed by atoms with Crippen LogP contribution in [0, 0.1) is 13.8 Å². The van der Waals surface area contributed by atoms with Crippen molar-refractivity contribution in [3.63, 3.8) is 0 Å². The average molecular weight is 252 g/mol. The second kappa shape index (κ2) is 4.62. The third-order valence-electron chi connectivity index (χ3n) is 2.42. The average Bonchev–Trinajstić information content (AvgIpc) is 2.58. The Labute approximate surface area is 102 Å². The summed E-state index contributed by atoms with van der Waals surface area (Å²) in [4.78, 5) is 27.9. The first-order valence-corrected chi connectivity index (χ1v) is 5.98. The lowest BCUT2D eigenvalue weighted by atomic mass is 10.2. The van der Waals surface area contributed by atoms with Crippen LogP contribution in [0.4, 0.5) is 5.13 Å². The van der Waals surface area contributed by atoms with Crippen molar-refractivity contribution < 1.29 is 9.59 Å². The van der Waals surface area contributed by atoms with Gasteiger partial charge in [-0.25, -0.2) is 10.4 Å². The van der Waals surface area contributed by atoms with E-state index >= 15 is 0 Å². The van der Waals surface area contributed by atoms with Crippen LogP contribution in [0.2, 0.25) is 0 Å². The number of anilines is 1. The maximum Gasteiger partial charge on any atom is 0.273 e. The number of amides is 2. The van der Waals surface area contributed by atoms with E-state index in [1.807, 2.05) is 13.8 Å². The van der Waals surface area contributed by atoms with Crippen molar-refractivity contribution in [2.24, 2.45) is 5.10 Å². The molecule has 1 aliphatic rings. The highest BCUT2D eigenvalue weighted by Gasteiger charge is 2.19. The molecule has 1 aliphatic heterocycles. The van der Waals surface area contributed by atoms with E-state index < -0.39 is 0 Å². The minimum Gasteiger partial charge on any atom is -0.297 e. The van der Waals surface area contributed by atoms with Crippen LogP contribution in [0.15, 0.2) is 5.10 Å². The second-order valence-corrected chi connectivity index (χ2v) is 4.91. The molecule has 0 aliphatic carbocycles. The molecule has 0 fully saturated rings. The predicted molar refractivity (Wildman–Crippen MR) is 65.0 cm³/mol. The number of thiazole rings is 1. The Hall–Kier alpha value is -1.76. The summed E-state index contributed by atoms with van der Waals surface area (Å²) in [6.45, 7) is 3.83. The number of nitrogens with one attached hydrogen (secondary N) is 2. The molecule has 0 unspecified atom stereocenters. The summed E-state index contributed by atoms with van der Waals surface area (Å²) in [5, 5.41) is 6.95. The summed E-state index contributed by atoms with van der Waals surface area (Å²) in [5.74, 6) is -0.471. The van der Waals surface area contributed by atoms with E-state index in [-0.39, 0.29) is 11.8 Å². The molecule has 0 radical (unpaired) electrons. The number of hydrogen-bond donors (Lipinski definition) is 2. The van der Waals surface area contributed by atoms with Crippen LogP contribution < -0.4 is 10.7 Å². The molecular weight excluding hydrogens is 240 g/mol. The van der Waals surface area contributed by atoms with Crippen LogP contribution in [0.5, 0.6) is 0 Å². The van der Waals surface area contributed by atoms with Gasteiger partial charge >= 0.3 is 0 Å². The SMILES string of the molecule is Cc1nc(NC(=O)C2=NNC(=O)CC2)sc1C. The number of aryl methyl sites for hydroxylation is 2. The van der Waals surface area contributed by atoms with Gasteiger partial charge in [-0.15, -0.1) is 11.3 Å². The second-order valence-electron chi connectivity index (χ2n) is 3.71. The first-order valence-electron chi connectivity index (χ1n) is 5.17. The van der Waals surface area contributed by atoms with Crippen molar-refractivity contribution in [1.82, 2.24) is 10.4 Å². The van der Waals surface area contributed by atoms with Gasteiger partial charge in [-0.3, -0.25) is 14.9 Å². The van der Waals surface area contributed by atoms with Gasteiger partial charge in [0.05, 0.1) is 5.69 Å². The number of hydrazone groups is 1. The smallest absolute Gasteiger partial charge is 0.273 e. The maximum absolute atomic E-state index is 11.8. The van der Waals surface area contributed by atoms with Gasteiger partial charge in [0, 0.05) is 17.7 Å². The molecule has 1 aromatic rings. The molecule has 0 atom stereocenters. The van der Waals surface area contributed by atoms with E-state index in [1.54, 1.807) is 0 Å². The van der Waals surface area contributed by atoms with Crippen molar-refractivity contribution in [3.8, 4) is 0 Å². The summed E-state index contributed by atoms with van der Waals surface area (Å²) >= 11 is 1.42. The van der Waals surface area contributed by atoms with Gasteiger partial charge in [-0.1, -0.05) is 0 Å². The molecule has 7 heteroatoms. The van der Waals surface area contributed by atoms with Gasteiger partial charge in [0.1, 0.15) is 5.71 Å². The zero-order valence-electron chi connectivity index (χ0n) is 9.53. The standard InChI is InChI=1S/C10H12N4O2S/c1-5-6(2)17-10(11-5)12-9(16)7-3-4-8(15)14-13-7/h3-4H2,1-2H3,(H,14,15)(H,11,12,16). The predicted octanol–water partition coefficient (Wildman–Crippen LogP) is 0.964. The van der Waals surface area contributed by atoms with E-state index in [4.69, 9.17) is 0 Å². The largest absolute Gasteiger partial charge is 0.297 e. The van der Waals surface area contributed by atoms with Crippen molar-refractivity contribution >= 4 is 34.0 Å². The Bertz CT molecular complexity index is 487.